The van der Waals surface area contributed by atoms with E-state index in [2.05, 4.69) is 5.10 Å². The molecule has 3 aromatic carbocycles. The highest BCUT2D eigenvalue weighted by atomic mass is 32.2. The van der Waals surface area contributed by atoms with Crippen molar-refractivity contribution in [2.24, 2.45) is 0 Å². The van der Waals surface area contributed by atoms with Crippen molar-refractivity contribution in [2.75, 3.05) is 17.3 Å². The molecule has 0 radical (unpaired) electrons. The van der Waals surface area contributed by atoms with Crippen LogP contribution < -0.4 is 10.7 Å². The Balaban J connectivity index is 1.29. The van der Waals surface area contributed by atoms with Crippen molar-refractivity contribution in [1.29, 1.82) is 0 Å². The average molecular weight is 488 g/mol. The summed E-state index contributed by atoms with van der Waals surface area (Å²) in [7, 11) is 0. The van der Waals surface area contributed by atoms with Crippen molar-refractivity contribution in [2.45, 2.75) is 17.5 Å². The van der Waals surface area contributed by atoms with Gasteiger partial charge in [-0.2, -0.15) is 4.68 Å². The molecule has 0 aliphatic carbocycles. The van der Waals surface area contributed by atoms with Crippen LogP contribution in [0, 0.1) is 0 Å². The van der Waals surface area contributed by atoms with Gasteiger partial charge in [0.15, 0.2) is 6.61 Å². The molecule has 0 bridgehead atoms. The molecule has 0 spiro atoms. The van der Waals surface area contributed by atoms with E-state index in [0.29, 0.717) is 11.3 Å². The predicted octanol–water partition coefficient (Wildman–Crippen LogP) is 3.93. The predicted molar refractivity (Wildman–Crippen MR) is 131 cm³/mol. The highest BCUT2D eigenvalue weighted by Crippen LogP contribution is 2.43. The first-order valence-electron chi connectivity index (χ1n) is 11.0. The molecule has 4 aromatic rings. The summed E-state index contributed by atoms with van der Waals surface area (Å²) in [5, 5.41) is 4.06. The fraction of sp³-hybridized carbons (Fsp3) is 0.154. The van der Waals surface area contributed by atoms with Crippen molar-refractivity contribution in [3.63, 3.8) is 0 Å². The molecule has 1 unspecified atom stereocenters. The Morgan fingerprint density at radius 3 is 2.43 bits per heavy atom. The lowest BCUT2D eigenvalue weighted by Gasteiger charge is -2.37. The van der Waals surface area contributed by atoms with Gasteiger partial charge in [0.25, 0.3) is 5.91 Å². The molecule has 5 rings (SSSR count). The Labute approximate surface area is 205 Å². The number of hydrogen-bond donors (Lipinski definition) is 0. The molecule has 1 atom stereocenters. The van der Waals surface area contributed by atoms with Crippen molar-refractivity contribution in [3.05, 3.63) is 101 Å². The number of ether oxygens (including phenoxy) is 1. The van der Waals surface area contributed by atoms with Crippen LogP contribution in [0.25, 0.3) is 11.5 Å². The molecule has 2 heterocycles. The van der Waals surface area contributed by atoms with Crippen molar-refractivity contribution >= 4 is 29.3 Å². The lowest BCUT2D eigenvalue weighted by Crippen LogP contribution is -2.41. The van der Waals surface area contributed by atoms with E-state index in [0.717, 1.165) is 20.8 Å². The van der Waals surface area contributed by atoms with Gasteiger partial charge in [-0.3, -0.25) is 14.5 Å². The summed E-state index contributed by atoms with van der Waals surface area (Å²) in [6.45, 7) is -0.920. The van der Waals surface area contributed by atoms with Gasteiger partial charge in [0.2, 0.25) is 5.89 Å². The Bertz CT molecular complexity index is 1400. The fourth-order valence-corrected chi connectivity index (χ4v) is 5.07. The SMILES string of the molecule is O=C(Cn1nc(-c2ccccc2)oc1=O)OCC(=O)N1c2ccccc2SCC1c1ccccc1. The molecule has 1 aromatic heterocycles. The molecule has 9 heteroatoms. The summed E-state index contributed by atoms with van der Waals surface area (Å²) in [5.41, 5.74) is 2.39. The van der Waals surface area contributed by atoms with Crippen molar-refractivity contribution in [1.82, 2.24) is 9.78 Å². The number of hydrogen-bond acceptors (Lipinski definition) is 7. The molecular formula is C26H21N3O5S. The maximum Gasteiger partial charge on any atom is 0.437 e. The van der Waals surface area contributed by atoms with Gasteiger partial charge < -0.3 is 9.15 Å². The topological polar surface area (TPSA) is 94.6 Å². The van der Waals surface area contributed by atoms with Gasteiger partial charge in [0.05, 0.1) is 11.7 Å². The van der Waals surface area contributed by atoms with E-state index in [1.54, 1.807) is 40.9 Å². The highest BCUT2D eigenvalue weighted by molar-refractivity contribution is 7.99. The van der Waals surface area contributed by atoms with Crippen LogP contribution in [-0.2, 0) is 20.9 Å². The number of anilines is 1. The quantitative estimate of drug-likeness (QED) is 0.381. The smallest absolute Gasteiger partial charge is 0.437 e. The first-order valence-corrected chi connectivity index (χ1v) is 12.0. The summed E-state index contributed by atoms with van der Waals surface area (Å²) < 4.78 is 11.3. The van der Waals surface area contributed by atoms with Crippen molar-refractivity contribution in [3.8, 4) is 11.5 Å². The van der Waals surface area contributed by atoms with Gasteiger partial charge in [-0.05, 0) is 29.8 Å². The van der Waals surface area contributed by atoms with E-state index in [-0.39, 0.29) is 17.8 Å². The largest absolute Gasteiger partial charge is 0.454 e. The van der Waals surface area contributed by atoms with Crippen LogP contribution in [-0.4, -0.2) is 34.0 Å². The van der Waals surface area contributed by atoms with E-state index < -0.39 is 24.9 Å². The van der Waals surface area contributed by atoms with Crippen LogP contribution in [0.4, 0.5) is 5.69 Å². The number of para-hydroxylation sites is 1. The van der Waals surface area contributed by atoms with Crippen molar-refractivity contribution < 1.29 is 18.7 Å². The Morgan fingerprint density at radius 2 is 1.66 bits per heavy atom. The summed E-state index contributed by atoms with van der Waals surface area (Å²) >= 11 is 1.68. The molecule has 0 saturated heterocycles. The van der Waals surface area contributed by atoms with E-state index in [1.165, 1.54) is 0 Å². The monoisotopic (exact) mass is 487 g/mol. The third-order valence-electron chi connectivity index (χ3n) is 5.55. The Kier molecular flexibility index (Phi) is 6.49. The number of rotatable bonds is 6. The molecule has 8 nitrogen and oxygen atoms in total. The summed E-state index contributed by atoms with van der Waals surface area (Å²) in [5.74, 6) is -1.11. The number of carbonyl (C=O) groups is 2. The van der Waals surface area contributed by atoms with E-state index >= 15 is 0 Å². The Hall–Kier alpha value is -4.11. The summed E-state index contributed by atoms with van der Waals surface area (Å²) in [4.78, 5) is 40.5. The molecule has 0 fully saturated rings. The van der Waals surface area contributed by atoms with Gasteiger partial charge >= 0.3 is 11.7 Å². The number of benzene rings is 3. The lowest BCUT2D eigenvalue weighted by molar-refractivity contribution is -0.148. The molecule has 176 valence electrons. The molecule has 1 aliphatic heterocycles. The van der Waals surface area contributed by atoms with E-state index in [1.807, 2.05) is 60.7 Å². The minimum absolute atomic E-state index is 0.104. The highest BCUT2D eigenvalue weighted by Gasteiger charge is 2.33. The molecule has 35 heavy (non-hydrogen) atoms. The standard InChI is InChI=1S/C26H21N3O5S/c30-23(16-33-24(31)15-28-26(32)34-25(27-28)19-11-5-2-6-12-19)29-20-13-7-8-14-22(20)35-17-21(29)18-9-3-1-4-10-18/h1-14,21H,15-17H2. The van der Waals surface area contributed by atoms with Gasteiger partial charge in [0, 0.05) is 16.2 Å². The van der Waals surface area contributed by atoms with Gasteiger partial charge in [0.1, 0.15) is 6.54 Å². The maximum absolute atomic E-state index is 13.3. The number of nitrogens with zero attached hydrogens (tertiary/aromatic N) is 3. The van der Waals surface area contributed by atoms with Crippen LogP contribution in [0.5, 0.6) is 0 Å². The van der Waals surface area contributed by atoms with Crippen LogP contribution in [0.15, 0.2) is 99.0 Å². The number of amides is 1. The average Bonchev–Trinajstić information content (AvgIpc) is 3.27. The maximum atomic E-state index is 13.3. The third-order valence-corrected chi connectivity index (χ3v) is 6.69. The van der Waals surface area contributed by atoms with E-state index in [9.17, 15) is 14.4 Å². The first kappa shape index (κ1) is 22.7. The lowest BCUT2D eigenvalue weighted by atomic mass is 10.1. The number of aromatic nitrogens is 2. The minimum Gasteiger partial charge on any atom is -0.454 e. The Morgan fingerprint density at radius 1 is 0.971 bits per heavy atom. The molecule has 0 N–H and O–H groups in total. The fourth-order valence-electron chi connectivity index (χ4n) is 3.90. The zero-order chi connectivity index (χ0) is 24.2. The minimum atomic E-state index is -0.779. The first-order chi connectivity index (χ1) is 17.1. The van der Waals surface area contributed by atoms with Gasteiger partial charge in [-0.15, -0.1) is 16.9 Å². The number of carbonyl (C=O) groups excluding carboxylic acids is 2. The third kappa shape index (κ3) is 4.90. The zero-order valence-corrected chi connectivity index (χ0v) is 19.4. The van der Waals surface area contributed by atoms with Crippen LogP contribution in [0.1, 0.15) is 11.6 Å². The zero-order valence-electron chi connectivity index (χ0n) is 18.6. The van der Waals surface area contributed by atoms with Crippen LogP contribution in [0.2, 0.25) is 0 Å². The molecule has 1 amide bonds. The summed E-state index contributed by atoms with van der Waals surface area (Å²) in [6.07, 6.45) is 0. The van der Waals surface area contributed by atoms with Gasteiger partial charge in [-0.25, -0.2) is 4.79 Å². The number of fused-ring (bicyclic) bond motifs is 1. The summed E-state index contributed by atoms with van der Waals surface area (Å²) in [6, 6.07) is 26.1. The molecular weight excluding hydrogens is 466 g/mol. The second-order valence-corrected chi connectivity index (χ2v) is 8.89. The molecule has 0 saturated carbocycles. The second kappa shape index (κ2) is 10.0. The second-order valence-electron chi connectivity index (χ2n) is 7.83. The van der Waals surface area contributed by atoms with Crippen LogP contribution >= 0.6 is 11.8 Å². The number of thioether (sulfide) groups is 1. The normalized spacial score (nSPS) is 14.9. The molecule has 1 aliphatic rings. The van der Waals surface area contributed by atoms with Crippen LogP contribution in [0.3, 0.4) is 0 Å². The van der Waals surface area contributed by atoms with E-state index in [4.69, 9.17) is 9.15 Å². The number of esters is 1. The van der Waals surface area contributed by atoms with Gasteiger partial charge in [-0.1, -0.05) is 60.7 Å².